The van der Waals surface area contributed by atoms with E-state index in [1.165, 1.54) is 0 Å². The Balaban J connectivity index is 2.84. The van der Waals surface area contributed by atoms with Gasteiger partial charge in [0.15, 0.2) is 6.79 Å². The summed E-state index contributed by atoms with van der Waals surface area (Å²) in [6.45, 7) is 2.62. The zero-order valence-corrected chi connectivity index (χ0v) is 10.5. The molecule has 0 aliphatic rings. The van der Waals surface area contributed by atoms with E-state index in [0.29, 0.717) is 28.3 Å². The SMILES string of the molecule is CCOCOc1c(Cl)cc(Cl)cc1CCl. The van der Waals surface area contributed by atoms with Gasteiger partial charge in [-0.25, -0.2) is 0 Å². The molecule has 0 unspecified atom stereocenters. The van der Waals surface area contributed by atoms with Crippen LogP contribution < -0.4 is 4.74 Å². The molecule has 0 N–H and O–H groups in total. The van der Waals surface area contributed by atoms with E-state index in [4.69, 9.17) is 44.3 Å². The van der Waals surface area contributed by atoms with Crippen molar-refractivity contribution < 1.29 is 9.47 Å². The number of halogens is 3. The number of alkyl halides is 1. The smallest absolute Gasteiger partial charge is 0.189 e. The molecule has 2 nitrogen and oxygen atoms in total. The summed E-state index contributed by atoms with van der Waals surface area (Å²) >= 11 is 17.6. The lowest BCUT2D eigenvalue weighted by Crippen LogP contribution is -2.04. The summed E-state index contributed by atoms with van der Waals surface area (Å²) in [5.74, 6) is 0.825. The van der Waals surface area contributed by atoms with Gasteiger partial charge < -0.3 is 9.47 Å². The van der Waals surface area contributed by atoms with E-state index < -0.39 is 0 Å². The molecule has 0 radical (unpaired) electrons. The topological polar surface area (TPSA) is 18.5 Å². The van der Waals surface area contributed by atoms with Gasteiger partial charge in [-0.15, -0.1) is 11.6 Å². The minimum absolute atomic E-state index is 0.155. The van der Waals surface area contributed by atoms with Crippen LogP contribution in [0.4, 0.5) is 0 Å². The van der Waals surface area contributed by atoms with Crippen LogP contribution in [0.25, 0.3) is 0 Å². The first kappa shape index (κ1) is 12.9. The Morgan fingerprint density at radius 3 is 2.60 bits per heavy atom. The van der Waals surface area contributed by atoms with Crippen LogP contribution >= 0.6 is 34.8 Å². The van der Waals surface area contributed by atoms with Gasteiger partial charge in [0.05, 0.1) is 10.9 Å². The summed E-state index contributed by atoms with van der Waals surface area (Å²) < 4.78 is 10.4. The molecule has 0 heterocycles. The van der Waals surface area contributed by atoms with Crippen molar-refractivity contribution in [3.05, 3.63) is 27.7 Å². The zero-order chi connectivity index (χ0) is 11.3. The zero-order valence-electron chi connectivity index (χ0n) is 8.23. The lowest BCUT2D eigenvalue weighted by molar-refractivity contribution is 0.0220. The van der Waals surface area contributed by atoms with Gasteiger partial charge in [0.1, 0.15) is 5.75 Å². The fourth-order valence-corrected chi connectivity index (χ4v) is 1.85. The monoisotopic (exact) mass is 268 g/mol. The summed E-state index contributed by atoms with van der Waals surface area (Å²) in [5.41, 5.74) is 0.758. The van der Waals surface area contributed by atoms with Crippen molar-refractivity contribution in [2.75, 3.05) is 13.4 Å². The van der Waals surface area contributed by atoms with Gasteiger partial charge in [0, 0.05) is 17.2 Å². The van der Waals surface area contributed by atoms with Crippen molar-refractivity contribution in [2.45, 2.75) is 12.8 Å². The van der Waals surface area contributed by atoms with Crippen molar-refractivity contribution >= 4 is 34.8 Å². The van der Waals surface area contributed by atoms with Gasteiger partial charge in [0.2, 0.25) is 0 Å². The molecule has 0 aliphatic heterocycles. The summed E-state index contributed by atoms with van der Waals surface area (Å²) in [5, 5.41) is 0.984. The fraction of sp³-hybridized carbons (Fsp3) is 0.400. The van der Waals surface area contributed by atoms with Crippen LogP contribution in [0.1, 0.15) is 12.5 Å². The molecule has 0 atom stereocenters. The van der Waals surface area contributed by atoms with Crippen LogP contribution in [0.15, 0.2) is 12.1 Å². The maximum atomic E-state index is 5.97. The third-order valence-electron chi connectivity index (χ3n) is 1.72. The predicted octanol–water partition coefficient (Wildman–Crippen LogP) is 4.11. The second-order valence-electron chi connectivity index (χ2n) is 2.76. The normalized spacial score (nSPS) is 10.4. The molecule has 84 valence electrons. The van der Waals surface area contributed by atoms with Gasteiger partial charge in [-0.2, -0.15) is 0 Å². The molecule has 0 fully saturated rings. The van der Waals surface area contributed by atoms with Crippen LogP contribution in [0, 0.1) is 0 Å². The van der Waals surface area contributed by atoms with Crippen LogP contribution in [0.2, 0.25) is 10.0 Å². The molecule has 0 bridgehead atoms. The fourth-order valence-electron chi connectivity index (χ4n) is 1.06. The molecule has 1 rings (SSSR count). The van der Waals surface area contributed by atoms with Gasteiger partial charge in [0.25, 0.3) is 0 Å². The highest BCUT2D eigenvalue weighted by Crippen LogP contribution is 2.33. The molecule has 5 heteroatoms. The molecule has 0 saturated carbocycles. The third kappa shape index (κ3) is 3.72. The van der Waals surface area contributed by atoms with Crippen molar-refractivity contribution in [2.24, 2.45) is 0 Å². The average molecular weight is 270 g/mol. The van der Waals surface area contributed by atoms with Gasteiger partial charge >= 0.3 is 0 Å². The van der Waals surface area contributed by atoms with E-state index in [1.54, 1.807) is 12.1 Å². The van der Waals surface area contributed by atoms with E-state index in [1.807, 2.05) is 6.92 Å². The number of rotatable bonds is 5. The first-order chi connectivity index (χ1) is 7.19. The molecule has 15 heavy (non-hydrogen) atoms. The second kappa shape index (κ2) is 6.44. The standard InChI is InChI=1S/C10H11Cl3O2/c1-2-14-6-15-10-7(5-11)3-8(12)4-9(10)13/h3-4H,2,5-6H2,1H3. The molecule has 0 aliphatic carbocycles. The van der Waals surface area contributed by atoms with E-state index in [0.717, 1.165) is 5.56 Å². The van der Waals surface area contributed by atoms with E-state index in [2.05, 4.69) is 0 Å². The number of hydrogen-bond acceptors (Lipinski definition) is 2. The number of benzene rings is 1. The maximum Gasteiger partial charge on any atom is 0.189 e. The van der Waals surface area contributed by atoms with Crippen LogP contribution in [-0.4, -0.2) is 13.4 Å². The highest BCUT2D eigenvalue weighted by molar-refractivity contribution is 6.35. The van der Waals surface area contributed by atoms with Crippen LogP contribution in [0.3, 0.4) is 0 Å². The summed E-state index contributed by atoms with van der Waals surface area (Å²) in [6, 6.07) is 3.34. The predicted molar refractivity (Wildman–Crippen MR) is 63.1 cm³/mol. The Kier molecular flexibility index (Phi) is 5.54. The molecular formula is C10H11Cl3O2. The average Bonchev–Trinajstić information content (AvgIpc) is 2.20. The Labute approximate surface area is 104 Å². The van der Waals surface area contributed by atoms with Gasteiger partial charge in [-0.1, -0.05) is 23.2 Å². The Morgan fingerprint density at radius 1 is 1.27 bits per heavy atom. The number of ether oxygens (including phenoxy) is 2. The van der Waals surface area contributed by atoms with Crippen molar-refractivity contribution in [3.63, 3.8) is 0 Å². The van der Waals surface area contributed by atoms with Crippen LogP contribution in [0.5, 0.6) is 5.75 Å². The molecule has 1 aromatic carbocycles. The lowest BCUT2D eigenvalue weighted by Gasteiger charge is -2.11. The molecule has 0 spiro atoms. The largest absolute Gasteiger partial charge is 0.466 e. The maximum absolute atomic E-state index is 5.97. The van der Waals surface area contributed by atoms with Gasteiger partial charge in [-0.05, 0) is 19.1 Å². The van der Waals surface area contributed by atoms with E-state index in [9.17, 15) is 0 Å². The minimum atomic E-state index is 0.155. The molecule has 0 saturated heterocycles. The number of hydrogen-bond donors (Lipinski definition) is 0. The van der Waals surface area contributed by atoms with Crippen LogP contribution in [-0.2, 0) is 10.6 Å². The molecule has 0 aromatic heterocycles. The molecular weight excluding hydrogens is 258 g/mol. The third-order valence-corrected chi connectivity index (χ3v) is 2.51. The molecule has 1 aromatic rings. The van der Waals surface area contributed by atoms with Gasteiger partial charge in [-0.3, -0.25) is 0 Å². The van der Waals surface area contributed by atoms with E-state index in [-0.39, 0.29) is 6.79 Å². The van der Waals surface area contributed by atoms with Crippen molar-refractivity contribution in [1.82, 2.24) is 0 Å². The Hall–Kier alpha value is -0.150. The highest BCUT2D eigenvalue weighted by atomic mass is 35.5. The van der Waals surface area contributed by atoms with Crippen molar-refractivity contribution in [3.8, 4) is 5.75 Å². The van der Waals surface area contributed by atoms with E-state index >= 15 is 0 Å². The second-order valence-corrected chi connectivity index (χ2v) is 3.88. The Morgan fingerprint density at radius 2 is 2.00 bits per heavy atom. The highest BCUT2D eigenvalue weighted by Gasteiger charge is 2.09. The summed E-state index contributed by atoms with van der Waals surface area (Å²) in [4.78, 5) is 0. The van der Waals surface area contributed by atoms with Crippen molar-refractivity contribution in [1.29, 1.82) is 0 Å². The summed E-state index contributed by atoms with van der Waals surface area (Å²) in [7, 11) is 0. The minimum Gasteiger partial charge on any atom is -0.466 e. The first-order valence-electron chi connectivity index (χ1n) is 4.43. The summed E-state index contributed by atoms with van der Waals surface area (Å²) in [6.07, 6.45) is 0. The lowest BCUT2D eigenvalue weighted by atomic mass is 10.2. The molecule has 0 amide bonds. The Bertz CT molecular complexity index is 329. The quantitative estimate of drug-likeness (QED) is 0.455. The first-order valence-corrected chi connectivity index (χ1v) is 5.72.